The Morgan fingerprint density at radius 1 is 1.50 bits per heavy atom. The summed E-state index contributed by atoms with van der Waals surface area (Å²) in [5.41, 5.74) is 5.94. The molecule has 0 bridgehead atoms. The number of halogens is 1. The van der Waals surface area contributed by atoms with Crippen LogP contribution >= 0.6 is 0 Å². The van der Waals surface area contributed by atoms with Crippen LogP contribution in [0.5, 0.6) is 0 Å². The summed E-state index contributed by atoms with van der Waals surface area (Å²) < 4.78 is 29.9. The number of nitrogen functional groups attached to an aromatic ring is 1. The van der Waals surface area contributed by atoms with Crippen LogP contribution in [0.3, 0.4) is 0 Å². The second-order valence-electron chi connectivity index (χ2n) is 3.45. The molecule has 0 radical (unpaired) electrons. The van der Waals surface area contributed by atoms with Crippen molar-refractivity contribution in [2.24, 2.45) is 0 Å². The standard InChI is InChI=1S/C11H16FNO2S/c1-15-6-3-7-16(14)8-9-4-2-5-10(13)11(9)12/h2,4-5H,3,6-8,13H2,1H3. The monoisotopic (exact) mass is 245 g/mol. The second kappa shape index (κ2) is 6.60. The van der Waals surface area contributed by atoms with E-state index in [1.165, 1.54) is 6.07 Å². The average Bonchev–Trinajstić information content (AvgIpc) is 2.25. The molecule has 1 atom stereocenters. The van der Waals surface area contributed by atoms with Crippen LogP contribution < -0.4 is 5.73 Å². The number of nitrogens with two attached hydrogens (primary N) is 1. The Hall–Kier alpha value is -0.940. The molecule has 1 rings (SSSR count). The van der Waals surface area contributed by atoms with E-state index in [4.69, 9.17) is 10.5 Å². The minimum absolute atomic E-state index is 0.103. The molecule has 0 saturated heterocycles. The molecule has 0 saturated carbocycles. The van der Waals surface area contributed by atoms with Crippen LogP contribution in [0.25, 0.3) is 0 Å². The van der Waals surface area contributed by atoms with Crippen molar-refractivity contribution < 1.29 is 13.3 Å². The second-order valence-corrected chi connectivity index (χ2v) is 5.03. The minimum Gasteiger partial charge on any atom is -0.396 e. The van der Waals surface area contributed by atoms with Gasteiger partial charge < -0.3 is 10.5 Å². The molecule has 16 heavy (non-hydrogen) atoms. The zero-order valence-electron chi connectivity index (χ0n) is 9.24. The zero-order chi connectivity index (χ0) is 12.0. The summed E-state index contributed by atoms with van der Waals surface area (Å²) in [7, 11) is 0.531. The van der Waals surface area contributed by atoms with E-state index in [0.29, 0.717) is 24.3 Å². The van der Waals surface area contributed by atoms with Gasteiger partial charge in [0.2, 0.25) is 0 Å². The Labute approximate surface area is 97.2 Å². The molecular formula is C11H16FNO2S. The van der Waals surface area contributed by atoms with Gasteiger partial charge in [0.1, 0.15) is 5.82 Å². The topological polar surface area (TPSA) is 52.3 Å². The van der Waals surface area contributed by atoms with Crippen LogP contribution in [-0.2, 0) is 21.3 Å². The molecule has 1 unspecified atom stereocenters. The van der Waals surface area contributed by atoms with Crippen LogP contribution in [0.1, 0.15) is 12.0 Å². The Balaban J connectivity index is 2.53. The van der Waals surface area contributed by atoms with Crippen molar-refractivity contribution in [2.75, 3.05) is 25.2 Å². The maximum atomic E-state index is 13.5. The third-order valence-corrected chi connectivity index (χ3v) is 3.52. The van der Waals surface area contributed by atoms with Crippen LogP contribution in [0.2, 0.25) is 0 Å². The first-order valence-electron chi connectivity index (χ1n) is 5.02. The van der Waals surface area contributed by atoms with E-state index in [0.717, 1.165) is 0 Å². The van der Waals surface area contributed by atoms with Gasteiger partial charge in [-0.3, -0.25) is 4.21 Å². The predicted molar refractivity (Wildman–Crippen MR) is 64.0 cm³/mol. The summed E-state index contributed by atoms with van der Waals surface area (Å²) in [6.45, 7) is 0.575. The molecule has 0 heterocycles. The maximum Gasteiger partial charge on any atom is 0.150 e. The van der Waals surface area contributed by atoms with Crippen molar-refractivity contribution >= 4 is 16.5 Å². The molecule has 5 heteroatoms. The van der Waals surface area contributed by atoms with Crippen molar-refractivity contribution in [1.29, 1.82) is 0 Å². The van der Waals surface area contributed by atoms with Gasteiger partial charge in [-0.25, -0.2) is 4.39 Å². The molecule has 2 N–H and O–H groups in total. The fraction of sp³-hybridized carbons (Fsp3) is 0.455. The van der Waals surface area contributed by atoms with E-state index >= 15 is 0 Å². The number of hydrogen-bond acceptors (Lipinski definition) is 3. The molecule has 3 nitrogen and oxygen atoms in total. The van der Waals surface area contributed by atoms with Gasteiger partial charge in [-0.1, -0.05) is 12.1 Å². The number of benzene rings is 1. The SMILES string of the molecule is COCCCS(=O)Cc1cccc(N)c1F. The van der Waals surface area contributed by atoms with Gasteiger partial charge in [-0.05, 0) is 12.5 Å². The zero-order valence-corrected chi connectivity index (χ0v) is 10.1. The van der Waals surface area contributed by atoms with E-state index in [-0.39, 0.29) is 11.4 Å². The highest BCUT2D eigenvalue weighted by Crippen LogP contribution is 2.16. The number of hydrogen-bond donors (Lipinski definition) is 1. The third kappa shape index (κ3) is 3.90. The molecule has 0 aliphatic heterocycles. The molecule has 1 aromatic carbocycles. The van der Waals surface area contributed by atoms with Crippen molar-refractivity contribution in [3.63, 3.8) is 0 Å². The smallest absolute Gasteiger partial charge is 0.150 e. The molecule has 0 spiro atoms. The minimum atomic E-state index is -1.07. The van der Waals surface area contributed by atoms with E-state index in [1.807, 2.05) is 0 Å². The Bertz CT molecular complexity index is 371. The van der Waals surface area contributed by atoms with Crippen molar-refractivity contribution in [3.8, 4) is 0 Å². The van der Waals surface area contributed by atoms with Gasteiger partial charge in [0.05, 0.1) is 11.4 Å². The summed E-state index contributed by atoms with van der Waals surface area (Å²) in [4.78, 5) is 0. The lowest BCUT2D eigenvalue weighted by Gasteiger charge is -2.05. The molecule has 0 fully saturated rings. The van der Waals surface area contributed by atoms with Gasteiger partial charge in [0.15, 0.2) is 0 Å². The van der Waals surface area contributed by atoms with E-state index in [9.17, 15) is 8.60 Å². The normalized spacial score (nSPS) is 12.6. The third-order valence-electron chi connectivity index (χ3n) is 2.15. The highest BCUT2D eigenvalue weighted by molar-refractivity contribution is 7.84. The van der Waals surface area contributed by atoms with Gasteiger partial charge >= 0.3 is 0 Å². The molecule has 0 aromatic heterocycles. The fourth-order valence-electron chi connectivity index (χ4n) is 1.32. The van der Waals surface area contributed by atoms with E-state index in [2.05, 4.69) is 0 Å². The first-order valence-corrected chi connectivity index (χ1v) is 6.50. The van der Waals surface area contributed by atoms with E-state index in [1.54, 1.807) is 19.2 Å². The Kier molecular flexibility index (Phi) is 5.42. The summed E-state index contributed by atoms with van der Waals surface area (Å²) in [6.07, 6.45) is 0.715. The number of ether oxygens (including phenoxy) is 1. The molecule has 90 valence electrons. The van der Waals surface area contributed by atoms with Gasteiger partial charge in [-0.2, -0.15) is 0 Å². The molecule has 0 aliphatic rings. The highest BCUT2D eigenvalue weighted by Gasteiger charge is 2.08. The number of anilines is 1. The van der Waals surface area contributed by atoms with Crippen molar-refractivity contribution in [3.05, 3.63) is 29.6 Å². The van der Waals surface area contributed by atoms with Crippen LogP contribution in [0.4, 0.5) is 10.1 Å². The number of methoxy groups -OCH3 is 1. The maximum absolute atomic E-state index is 13.5. The largest absolute Gasteiger partial charge is 0.396 e. The summed E-state index contributed by atoms with van der Waals surface area (Å²) in [5, 5.41) is 0. The molecule has 0 aliphatic carbocycles. The van der Waals surface area contributed by atoms with Crippen LogP contribution in [-0.4, -0.2) is 23.7 Å². The lowest BCUT2D eigenvalue weighted by molar-refractivity contribution is 0.200. The lowest BCUT2D eigenvalue weighted by Crippen LogP contribution is -2.06. The molecule has 1 aromatic rings. The van der Waals surface area contributed by atoms with Crippen molar-refractivity contribution in [1.82, 2.24) is 0 Å². The fourth-order valence-corrected chi connectivity index (χ4v) is 2.47. The summed E-state index contributed by atoms with van der Waals surface area (Å²) >= 11 is 0. The van der Waals surface area contributed by atoms with Crippen LogP contribution in [0.15, 0.2) is 18.2 Å². The number of rotatable bonds is 6. The predicted octanol–water partition coefficient (Wildman–Crippen LogP) is 1.69. The summed E-state index contributed by atoms with van der Waals surface area (Å²) in [5.74, 6) is 0.269. The summed E-state index contributed by atoms with van der Waals surface area (Å²) in [6, 6.07) is 4.77. The molecule has 0 amide bonds. The van der Waals surface area contributed by atoms with Crippen LogP contribution in [0, 0.1) is 5.82 Å². The lowest BCUT2D eigenvalue weighted by atomic mass is 10.2. The average molecular weight is 245 g/mol. The Morgan fingerprint density at radius 3 is 2.94 bits per heavy atom. The first kappa shape index (κ1) is 13.1. The molecular weight excluding hydrogens is 229 g/mol. The van der Waals surface area contributed by atoms with E-state index < -0.39 is 16.6 Å². The van der Waals surface area contributed by atoms with Gasteiger partial charge in [-0.15, -0.1) is 0 Å². The first-order chi connectivity index (χ1) is 7.65. The highest BCUT2D eigenvalue weighted by atomic mass is 32.2. The van der Waals surface area contributed by atoms with Crippen molar-refractivity contribution in [2.45, 2.75) is 12.2 Å². The van der Waals surface area contributed by atoms with Gasteiger partial charge in [0, 0.05) is 35.8 Å². The Morgan fingerprint density at radius 2 is 2.25 bits per heavy atom. The quantitative estimate of drug-likeness (QED) is 0.613. The van der Waals surface area contributed by atoms with Gasteiger partial charge in [0.25, 0.3) is 0 Å².